The molecule has 1 aromatic rings. The standard InChI is InChI=1S/C11H10F2O2/c1-3-11(12,13)15-10(14)9-7-5-4-6-8(9)2/h3-7H,1H2,2H3. The first kappa shape index (κ1) is 11.4. The van der Waals surface area contributed by atoms with E-state index in [1.165, 1.54) is 6.07 Å². The van der Waals surface area contributed by atoms with Crippen LogP contribution in [0.5, 0.6) is 0 Å². The molecule has 0 aliphatic heterocycles. The third-order valence-corrected chi connectivity index (χ3v) is 1.83. The van der Waals surface area contributed by atoms with Crippen molar-refractivity contribution in [3.05, 3.63) is 48.0 Å². The third kappa shape index (κ3) is 2.87. The van der Waals surface area contributed by atoms with Crippen LogP contribution in [0.3, 0.4) is 0 Å². The molecular formula is C11H10F2O2. The summed E-state index contributed by atoms with van der Waals surface area (Å²) >= 11 is 0. The molecule has 0 aliphatic carbocycles. The van der Waals surface area contributed by atoms with Crippen molar-refractivity contribution >= 4 is 5.97 Å². The minimum Gasteiger partial charge on any atom is -0.394 e. The molecule has 0 amide bonds. The SMILES string of the molecule is C=CC(F)(F)OC(=O)c1ccccc1C. The summed E-state index contributed by atoms with van der Waals surface area (Å²) in [5.74, 6) is -1.06. The van der Waals surface area contributed by atoms with Gasteiger partial charge in [-0.2, -0.15) is 8.78 Å². The molecule has 0 radical (unpaired) electrons. The minimum absolute atomic E-state index is 0.124. The van der Waals surface area contributed by atoms with E-state index in [9.17, 15) is 13.6 Å². The maximum Gasteiger partial charge on any atom is 0.421 e. The highest BCUT2D eigenvalue weighted by atomic mass is 19.3. The fraction of sp³-hybridized carbons (Fsp3) is 0.182. The predicted octanol–water partition coefficient (Wildman–Crippen LogP) is 2.93. The third-order valence-electron chi connectivity index (χ3n) is 1.83. The second kappa shape index (κ2) is 4.21. The Kier molecular flexibility index (Phi) is 3.19. The molecule has 0 saturated carbocycles. The monoisotopic (exact) mass is 212 g/mol. The van der Waals surface area contributed by atoms with E-state index in [0.29, 0.717) is 5.56 Å². The molecule has 15 heavy (non-hydrogen) atoms. The molecule has 0 aromatic heterocycles. The summed E-state index contributed by atoms with van der Waals surface area (Å²) < 4.78 is 29.3. The van der Waals surface area contributed by atoms with Crippen LogP contribution in [0.15, 0.2) is 36.9 Å². The molecule has 0 atom stereocenters. The van der Waals surface area contributed by atoms with E-state index < -0.39 is 12.1 Å². The van der Waals surface area contributed by atoms with Gasteiger partial charge in [0.1, 0.15) is 0 Å². The number of carbonyl (C=O) groups excluding carboxylic acids is 1. The molecular weight excluding hydrogens is 202 g/mol. The van der Waals surface area contributed by atoms with Crippen LogP contribution in [-0.2, 0) is 4.74 Å². The van der Waals surface area contributed by atoms with Crippen LogP contribution >= 0.6 is 0 Å². The number of esters is 1. The van der Waals surface area contributed by atoms with Gasteiger partial charge >= 0.3 is 12.1 Å². The lowest BCUT2D eigenvalue weighted by Crippen LogP contribution is -2.22. The molecule has 0 fully saturated rings. The quantitative estimate of drug-likeness (QED) is 0.568. The highest BCUT2D eigenvalue weighted by molar-refractivity contribution is 5.91. The maximum absolute atomic E-state index is 12.7. The van der Waals surface area contributed by atoms with Crippen molar-refractivity contribution in [2.24, 2.45) is 0 Å². The van der Waals surface area contributed by atoms with Gasteiger partial charge in [0.2, 0.25) is 0 Å². The fourth-order valence-electron chi connectivity index (χ4n) is 1.02. The van der Waals surface area contributed by atoms with E-state index >= 15 is 0 Å². The van der Waals surface area contributed by atoms with Crippen molar-refractivity contribution in [2.75, 3.05) is 0 Å². The van der Waals surface area contributed by atoms with E-state index in [4.69, 9.17) is 0 Å². The second-order valence-electron chi connectivity index (χ2n) is 2.97. The van der Waals surface area contributed by atoms with Crippen LogP contribution in [0.4, 0.5) is 8.78 Å². The number of carbonyl (C=O) groups is 1. The number of rotatable bonds is 3. The predicted molar refractivity (Wildman–Crippen MR) is 51.7 cm³/mol. The van der Waals surface area contributed by atoms with E-state index in [-0.39, 0.29) is 11.6 Å². The summed E-state index contributed by atoms with van der Waals surface area (Å²) in [5.41, 5.74) is 0.710. The number of halogens is 2. The number of hydrogen-bond acceptors (Lipinski definition) is 2. The van der Waals surface area contributed by atoms with Crippen molar-refractivity contribution in [1.82, 2.24) is 0 Å². The molecule has 0 N–H and O–H groups in total. The zero-order chi connectivity index (χ0) is 11.5. The van der Waals surface area contributed by atoms with Gasteiger partial charge in [-0.1, -0.05) is 24.8 Å². The Balaban J connectivity index is 2.87. The Labute approximate surface area is 86.2 Å². The number of benzene rings is 1. The molecule has 1 aromatic carbocycles. The summed E-state index contributed by atoms with van der Waals surface area (Å²) in [6.45, 7) is 4.52. The van der Waals surface area contributed by atoms with Gasteiger partial charge in [-0.15, -0.1) is 0 Å². The normalized spacial score (nSPS) is 10.9. The van der Waals surface area contributed by atoms with Crippen LogP contribution < -0.4 is 0 Å². The molecule has 4 heteroatoms. The highest BCUT2D eigenvalue weighted by Crippen LogP contribution is 2.19. The maximum atomic E-state index is 12.7. The van der Waals surface area contributed by atoms with Crippen LogP contribution in [0.2, 0.25) is 0 Å². The van der Waals surface area contributed by atoms with E-state index in [0.717, 1.165) is 0 Å². The number of ether oxygens (including phenoxy) is 1. The van der Waals surface area contributed by atoms with Crippen molar-refractivity contribution < 1.29 is 18.3 Å². The van der Waals surface area contributed by atoms with Gasteiger partial charge in [-0.25, -0.2) is 4.79 Å². The summed E-state index contributed by atoms with van der Waals surface area (Å²) in [6, 6.07) is 6.35. The Morgan fingerprint density at radius 3 is 2.60 bits per heavy atom. The van der Waals surface area contributed by atoms with Crippen molar-refractivity contribution in [1.29, 1.82) is 0 Å². The lowest BCUT2D eigenvalue weighted by Gasteiger charge is -2.12. The number of aryl methyl sites for hydroxylation is 1. The average Bonchev–Trinajstić information content (AvgIpc) is 2.17. The van der Waals surface area contributed by atoms with Crippen molar-refractivity contribution in [2.45, 2.75) is 13.0 Å². The molecule has 0 aliphatic rings. The van der Waals surface area contributed by atoms with Gasteiger partial charge in [0, 0.05) is 6.08 Å². The van der Waals surface area contributed by atoms with Gasteiger partial charge in [-0.05, 0) is 18.6 Å². The van der Waals surface area contributed by atoms with Crippen molar-refractivity contribution in [3.8, 4) is 0 Å². The van der Waals surface area contributed by atoms with Crippen LogP contribution in [0.25, 0.3) is 0 Å². The first-order chi connectivity index (χ1) is 6.96. The summed E-state index contributed by atoms with van der Waals surface area (Å²) in [6.07, 6.45) is -3.34. The lowest BCUT2D eigenvalue weighted by molar-refractivity contribution is -0.160. The average molecular weight is 212 g/mol. The first-order valence-corrected chi connectivity index (χ1v) is 4.26. The fourth-order valence-corrected chi connectivity index (χ4v) is 1.02. The zero-order valence-corrected chi connectivity index (χ0v) is 8.17. The van der Waals surface area contributed by atoms with Gasteiger partial charge in [-0.3, -0.25) is 0 Å². The van der Waals surface area contributed by atoms with Crippen molar-refractivity contribution in [3.63, 3.8) is 0 Å². The molecule has 0 saturated heterocycles. The Morgan fingerprint density at radius 1 is 1.47 bits per heavy atom. The van der Waals surface area contributed by atoms with Gasteiger partial charge < -0.3 is 4.74 Å². The summed E-state index contributed by atoms with van der Waals surface area (Å²) in [4.78, 5) is 11.3. The molecule has 0 unspecified atom stereocenters. The molecule has 2 nitrogen and oxygen atoms in total. The number of hydrogen-bond donors (Lipinski definition) is 0. The summed E-state index contributed by atoms with van der Waals surface area (Å²) in [7, 11) is 0. The van der Waals surface area contributed by atoms with Crippen LogP contribution in [0, 0.1) is 6.92 Å². The van der Waals surface area contributed by atoms with Gasteiger partial charge in [0.25, 0.3) is 0 Å². The molecule has 0 spiro atoms. The Hall–Kier alpha value is -1.71. The molecule has 80 valence electrons. The zero-order valence-electron chi connectivity index (χ0n) is 8.17. The number of alkyl halides is 2. The largest absolute Gasteiger partial charge is 0.421 e. The smallest absolute Gasteiger partial charge is 0.394 e. The van der Waals surface area contributed by atoms with Crippen LogP contribution in [-0.4, -0.2) is 12.1 Å². The van der Waals surface area contributed by atoms with E-state index in [1.807, 2.05) is 0 Å². The summed E-state index contributed by atoms with van der Waals surface area (Å²) in [5, 5.41) is 0. The van der Waals surface area contributed by atoms with Crippen LogP contribution in [0.1, 0.15) is 15.9 Å². The highest BCUT2D eigenvalue weighted by Gasteiger charge is 2.30. The minimum atomic E-state index is -3.63. The molecule has 0 heterocycles. The Morgan fingerprint density at radius 2 is 2.07 bits per heavy atom. The van der Waals surface area contributed by atoms with Gasteiger partial charge in [0.05, 0.1) is 5.56 Å². The van der Waals surface area contributed by atoms with Gasteiger partial charge in [0.15, 0.2) is 0 Å². The second-order valence-corrected chi connectivity index (χ2v) is 2.97. The van der Waals surface area contributed by atoms with E-state index in [2.05, 4.69) is 11.3 Å². The molecule has 1 rings (SSSR count). The lowest BCUT2D eigenvalue weighted by atomic mass is 10.1. The Bertz CT molecular complexity index is 386. The van der Waals surface area contributed by atoms with E-state index in [1.54, 1.807) is 25.1 Å². The topological polar surface area (TPSA) is 26.3 Å². The first-order valence-electron chi connectivity index (χ1n) is 4.26. The molecule has 0 bridgehead atoms.